The van der Waals surface area contributed by atoms with Gasteiger partial charge in [0.25, 0.3) is 0 Å². The van der Waals surface area contributed by atoms with Crippen LogP contribution in [0.1, 0.15) is 42.5 Å². The zero-order valence-electron chi connectivity index (χ0n) is 17.6. The second-order valence-corrected chi connectivity index (χ2v) is 6.19. The van der Waals surface area contributed by atoms with Gasteiger partial charge in [-0.1, -0.05) is 36.8 Å². The number of hydrogen-bond donors (Lipinski definition) is 0. The molecule has 31 heavy (non-hydrogen) atoms. The van der Waals surface area contributed by atoms with Crippen LogP contribution in [0.2, 0.25) is 0 Å². The molecule has 163 valence electrons. The largest absolute Gasteiger partial charge is 2.00 e. The van der Waals surface area contributed by atoms with Crippen LogP contribution in [0.25, 0.3) is 0 Å². The Morgan fingerprint density at radius 1 is 0.710 bits per heavy atom. The summed E-state index contributed by atoms with van der Waals surface area (Å²) in [7, 11) is 0. The molecule has 0 aromatic heterocycles. The Morgan fingerprint density at radius 3 is 1.52 bits per heavy atom. The van der Waals surface area contributed by atoms with Crippen LogP contribution in [0.15, 0.2) is 30.3 Å². The minimum Gasteiger partial charge on any atom is -0.303 e. The standard InChI is InChI=1S/C9H8O2.C8H12.2C5H5.Fe.Rh/c10-7-6-9(11)8-4-2-1-3-5-8;1-2-4-6-8-7-5-3-1;2*1-2-4-5-3-1;;/h1-5,7H,6H2;1-2,5,7H,3-4,6,8H2;2*1-5H;;/q;;;;2*+2. The van der Waals surface area contributed by atoms with Crippen molar-refractivity contribution in [1.29, 1.82) is 0 Å². The summed E-state index contributed by atoms with van der Waals surface area (Å²) in [5.74, 6) is -0.124. The van der Waals surface area contributed by atoms with Crippen LogP contribution < -0.4 is 0 Å². The summed E-state index contributed by atoms with van der Waals surface area (Å²) in [6, 6.07) is 8.78. The molecule has 0 N–H and O–H groups in total. The zero-order chi connectivity index (χ0) is 20.8. The van der Waals surface area contributed by atoms with Gasteiger partial charge in [-0.2, -0.15) is 0 Å². The second-order valence-electron chi connectivity index (χ2n) is 6.19. The molecule has 3 saturated carbocycles. The Labute approximate surface area is 215 Å². The molecule has 0 atom stereocenters. The quantitative estimate of drug-likeness (QED) is 0.206. The number of ketones is 1. The maximum Gasteiger partial charge on any atom is 2.00 e. The van der Waals surface area contributed by atoms with Crippen molar-refractivity contribution < 1.29 is 46.1 Å². The summed E-state index contributed by atoms with van der Waals surface area (Å²) < 4.78 is 0. The van der Waals surface area contributed by atoms with E-state index in [9.17, 15) is 9.59 Å². The van der Waals surface area contributed by atoms with Gasteiger partial charge in [-0.15, -0.1) is 0 Å². The third-order valence-electron chi connectivity index (χ3n) is 3.82. The van der Waals surface area contributed by atoms with E-state index in [1.165, 1.54) is 19.3 Å². The molecule has 0 aliphatic heterocycles. The van der Waals surface area contributed by atoms with Gasteiger partial charge in [0.2, 0.25) is 0 Å². The maximum atomic E-state index is 11.0. The fraction of sp³-hybridized carbons (Fsp3) is 0.185. The topological polar surface area (TPSA) is 34.1 Å². The predicted octanol–water partition coefficient (Wildman–Crippen LogP) is 5.87. The number of Topliss-reactive ketones (excluding diaryl/α,β-unsaturated/α-hetero) is 1. The van der Waals surface area contributed by atoms with Crippen molar-refractivity contribution in [2.75, 3.05) is 0 Å². The number of rotatable bonds is 3. The van der Waals surface area contributed by atoms with Crippen molar-refractivity contribution in [2.45, 2.75) is 32.1 Å². The van der Waals surface area contributed by atoms with E-state index in [1.54, 1.807) is 24.3 Å². The average molecular weight is 545 g/mol. The van der Waals surface area contributed by atoms with E-state index in [2.05, 4.69) is 25.7 Å². The molecule has 0 heterocycles. The van der Waals surface area contributed by atoms with Crippen molar-refractivity contribution in [3.05, 3.63) is 126 Å². The molecule has 2 nitrogen and oxygen atoms in total. The molecule has 3 aliphatic carbocycles. The molecule has 15 radical (unpaired) electrons. The van der Waals surface area contributed by atoms with Gasteiger partial charge < -0.3 is 4.79 Å². The third-order valence-corrected chi connectivity index (χ3v) is 3.82. The first-order valence-electron chi connectivity index (χ1n) is 10.00. The van der Waals surface area contributed by atoms with Crippen molar-refractivity contribution in [2.24, 2.45) is 0 Å². The van der Waals surface area contributed by atoms with E-state index in [0.29, 0.717) is 11.8 Å². The van der Waals surface area contributed by atoms with Crippen LogP contribution in [0, 0.1) is 89.9 Å². The molecule has 0 amide bonds. The van der Waals surface area contributed by atoms with Crippen molar-refractivity contribution in [3.8, 4) is 0 Å². The Kier molecular flexibility index (Phi) is 27.5. The van der Waals surface area contributed by atoms with Crippen LogP contribution in [0.5, 0.6) is 0 Å². The van der Waals surface area contributed by atoms with Gasteiger partial charge in [0.1, 0.15) is 6.29 Å². The van der Waals surface area contributed by atoms with E-state index >= 15 is 0 Å². The molecule has 0 saturated heterocycles. The van der Waals surface area contributed by atoms with Crippen LogP contribution in [-0.2, 0) is 41.3 Å². The summed E-state index contributed by atoms with van der Waals surface area (Å²) in [5.41, 5.74) is 0.597. The maximum absolute atomic E-state index is 11.0. The first-order valence-corrected chi connectivity index (χ1v) is 10.00. The van der Waals surface area contributed by atoms with E-state index < -0.39 is 0 Å². The third kappa shape index (κ3) is 21.3. The summed E-state index contributed by atoms with van der Waals surface area (Å²) in [6.45, 7) is 0. The number of hydrogen-bond acceptors (Lipinski definition) is 2. The summed E-state index contributed by atoms with van der Waals surface area (Å²) in [5, 5.41) is 0. The fourth-order valence-corrected chi connectivity index (χ4v) is 2.32. The molecule has 0 bridgehead atoms. The molecule has 1 aromatic carbocycles. The molecule has 4 heteroatoms. The van der Waals surface area contributed by atoms with Crippen LogP contribution in [-0.4, -0.2) is 12.1 Å². The van der Waals surface area contributed by atoms with Gasteiger partial charge in [-0.3, -0.25) is 4.79 Å². The predicted molar refractivity (Wildman–Crippen MR) is 120 cm³/mol. The molecule has 0 unspecified atom stereocenters. The molecule has 4 rings (SSSR count). The number of aldehydes is 1. The van der Waals surface area contributed by atoms with E-state index in [-0.39, 0.29) is 48.8 Å². The van der Waals surface area contributed by atoms with Crippen molar-refractivity contribution >= 4 is 12.1 Å². The SMILES string of the molecule is O=CCC(=O)c1ccccc1.[CH]1[CH]CCC[CH][CH]C1.[CH]1[CH][CH][CH][CH]1.[CH]1[CH][CH][CH][CH]1.[Fe+2].[Rh+2]. The number of carbonyl (C=O) groups excluding carboxylic acids is 2. The Bertz CT molecular complexity index is 450. The normalized spacial score (nSPS) is 17.2. The van der Waals surface area contributed by atoms with Gasteiger partial charge in [-0.25, -0.2) is 0 Å². The summed E-state index contributed by atoms with van der Waals surface area (Å²) in [4.78, 5) is 21.0. The van der Waals surface area contributed by atoms with Gasteiger partial charge in [0.05, 0.1) is 6.42 Å². The first-order chi connectivity index (χ1) is 14.3. The molecular formula is C27H30FeO2Rh+4. The Hall–Kier alpha value is -0.297. The summed E-state index contributed by atoms with van der Waals surface area (Å²) >= 11 is 0. The van der Waals surface area contributed by atoms with E-state index in [0.717, 1.165) is 6.42 Å². The van der Waals surface area contributed by atoms with Gasteiger partial charge >= 0.3 is 36.5 Å². The van der Waals surface area contributed by atoms with Crippen LogP contribution >= 0.6 is 0 Å². The van der Waals surface area contributed by atoms with Crippen LogP contribution in [0.4, 0.5) is 0 Å². The van der Waals surface area contributed by atoms with Crippen molar-refractivity contribution in [3.63, 3.8) is 0 Å². The monoisotopic (exact) mass is 545 g/mol. The minimum atomic E-state index is -0.124. The first kappa shape index (κ1) is 32.9. The van der Waals surface area contributed by atoms with E-state index in [4.69, 9.17) is 0 Å². The Morgan fingerprint density at radius 2 is 1.13 bits per heavy atom. The molecule has 1 aromatic rings. The average Bonchev–Trinajstić information content (AvgIpc) is 3.48. The molecule has 0 spiro atoms. The minimum absolute atomic E-state index is 0. The second kappa shape index (κ2) is 26.0. The molecule has 3 fully saturated rings. The Balaban J connectivity index is 0. The zero-order valence-corrected chi connectivity index (χ0v) is 20.3. The number of carbonyl (C=O) groups is 2. The summed E-state index contributed by atoms with van der Waals surface area (Å²) in [6.07, 6.45) is 34.6. The van der Waals surface area contributed by atoms with Gasteiger partial charge in [0, 0.05) is 5.56 Å². The smallest absolute Gasteiger partial charge is 0.303 e. The molecule has 3 aliphatic rings. The van der Waals surface area contributed by atoms with Crippen LogP contribution in [0.3, 0.4) is 0 Å². The van der Waals surface area contributed by atoms with E-state index in [1.807, 2.05) is 70.3 Å². The number of benzene rings is 1. The fourth-order valence-electron chi connectivity index (χ4n) is 2.32. The van der Waals surface area contributed by atoms with Crippen molar-refractivity contribution in [1.82, 2.24) is 0 Å². The van der Waals surface area contributed by atoms with Gasteiger partial charge in [-0.05, 0) is 109 Å². The van der Waals surface area contributed by atoms with Gasteiger partial charge in [0.15, 0.2) is 5.78 Å². The molecular weight excluding hydrogens is 515 g/mol.